The lowest BCUT2D eigenvalue weighted by atomic mass is 10.8. The Bertz CT molecular complexity index is 179. The molecule has 7 nitrogen and oxygen atoms in total. The molecule has 0 aliphatic heterocycles. The molecule has 0 spiro atoms. The van der Waals surface area contributed by atoms with Crippen molar-refractivity contribution in [1.29, 1.82) is 0 Å². The highest BCUT2D eigenvalue weighted by Gasteiger charge is 1.89. The summed E-state index contributed by atoms with van der Waals surface area (Å²) in [4.78, 5) is 27.8. The molecule has 0 aliphatic carbocycles. The Labute approximate surface area is 133 Å². The molecule has 0 atom stereocenters. The first-order chi connectivity index (χ1) is 8.56. The van der Waals surface area contributed by atoms with E-state index in [1.165, 1.54) is 0 Å². The van der Waals surface area contributed by atoms with Crippen LogP contribution in [0.25, 0.3) is 0 Å². The molecule has 0 fully saturated rings. The van der Waals surface area contributed by atoms with Gasteiger partial charge in [0.25, 0.3) is 0 Å². The summed E-state index contributed by atoms with van der Waals surface area (Å²) in [6, 6.07) is 0. The van der Waals surface area contributed by atoms with E-state index in [0.717, 1.165) is 20.6 Å². The minimum atomic E-state index is -4.88. The van der Waals surface area contributed by atoms with Gasteiger partial charge in [-0.25, -0.2) is 0 Å². The average molecular weight is 330 g/mol. The fourth-order valence-corrected chi connectivity index (χ4v) is 0. The number of rotatable bonds is 1. The third-order valence-electron chi connectivity index (χ3n) is 0.250. The van der Waals surface area contributed by atoms with Gasteiger partial charge < -0.3 is 32.3 Å². The zero-order chi connectivity index (χ0) is 18.7. The molecule has 134 valence electrons. The third-order valence-corrected chi connectivity index (χ3v) is 0.750. The van der Waals surface area contributed by atoms with Gasteiger partial charge in [0.1, 0.15) is 0 Å². The summed E-state index contributed by atoms with van der Waals surface area (Å²) in [6.07, 6.45) is 0. The lowest BCUT2D eigenvalue weighted by molar-refractivity contribution is -0.849. The van der Waals surface area contributed by atoms with Crippen LogP contribution in [0.2, 0.25) is 0 Å². The molecule has 0 saturated carbocycles. The quantitative estimate of drug-likeness (QED) is 0.382. The molecule has 0 radical (unpaired) electrons. The maximum atomic E-state index is 9.28. The van der Waals surface area contributed by atoms with E-state index in [4.69, 9.17) is 0 Å². The first-order valence-electron chi connectivity index (χ1n) is 6.59. The maximum Gasteiger partial charge on any atom is 0.0675 e. The summed E-state index contributed by atoms with van der Waals surface area (Å²) >= 11 is 0. The van der Waals surface area contributed by atoms with Gasteiger partial charge in [0.15, 0.2) is 0 Å². The zero-order valence-electron chi connectivity index (χ0n) is 16.5. The van der Waals surface area contributed by atoms with E-state index >= 15 is 0 Å². The normalized spacial score (nSPS) is 12.0. The van der Waals surface area contributed by atoms with Crippen LogP contribution in [0.3, 0.4) is 0 Å². The van der Waals surface area contributed by atoms with Gasteiger partial charge in [-0.3, -0.25) is 0 Å². The van der Waals surface area contributed by atoms with Gasteiger partial charge in [-0.15, -0.1) is 9.05 Å². The average Bonchev–Trinajstić information content (AvgIpc) is 1.91. The number of hydrogen-bond donors (Lipinski definition) is 0. The lowest BCUT2D eigenvalue weighted by Crippen LogP contribution is -2.74. The molecule has 0 aliphatic rings. The van der Waals surface area contributed by atoms with Gasteiger partial charge in [0, 0.05) is 7.11 Å². The SMILES string of the molecule is CO[Si]([O-])([O-])[O-].C[N+](C)(C)C.C[N+](C)(C)C.C[N+](C)(C)C. The van der Waals surface area contributed by atoms with Crippen LogP contribution in [-0.4, -0.2) is 114 Å². The van der Waals surface area contributed by atoms with E-state index in [9.17, 15) is 14.4 Å². The summed E-state index contributed by atoms with van der Waals surface area (Å²) in [7, 11) is 21.5. The van der Waals surface area contributed by atoms with Crippen LogP contribution in [0.1, 0.15) is 0 Å². The van der Waals surface area contributed by atoms with Gasteiger partial charge >= 0.3 is 0 Å². The molecular formula is C13H39N3O4Si. The summed E-state index contributed by atoms with van der Waals surface area (Å²) in [5, 5.41) is 0. The standard InChI is InChI=1S/3C4H12N.CH3O4Si/c3*1-5(2,3)4;1-5-6(2,3)4/h3*1-4H3;1H3/q3*+1;-3. The largest absolute Gasteiger partial charge is 0.861 e. The molecule has 21 heavy (non-hydrogen) atoms. The Hall–Kier alpha value is -0.0631. The van der Waals surface area contributed by atoms with Crippen molar-refractivity contribution in [3.63, 3.8) is 0 Å². The molecule has 0 aromatic carbocycles. The molecule has 0 aromatic heterocycles. The Morgan fingerprint density at radius 3 is 0.571 bits per heavy atom. The van der Waals surface area contributed by atoms with Crippen LogP contribution >= 0.6 is 0 Å². The number of quaternary nitrogens is 3. The van der Waals surface area contributed by atoms with Gasteiger partial charge in [0.05, 0.1) is 84.6 Å². The highest BCUT2D eigenvalue weighted by molar-refractivity contribution is 6.42. The Balaban J connectivity index is -0.0000000921. The molecule has 0 heterocycles. The molecular weight excluding hydrogens is 290 g/mol. The van der Waals surface area contributed by atoms with E-state index < -0.39 is 9.05 Å². The van der Waals surface area contributed by atoms with Crippen molar-refractivity contribution in [2.45, 2.75) is 0 Å². The first kappa shape index (κ1) is 29.0. The predicted octanol–water partition coefficient (Wildman–Crippen LogP) is -2.88. The minimum Gasteiger partial charge on any atom is -0.861 e. The smallest absolute Gasteiger partial charge is 0.0675 e. The van der Waals surface area contributed by atoms with Crippen molar-refractivity contribution >= 4 is 9.05 Å². The summed E-state index contributed by atoms with van der Waals surface area (Å²) in [6.45, 7) is 0. The number of hydrogen-bond acceptors (Lipinski definition) is 4. The van der Waals surface area contributed by atoms with Crippen LogP contribution in [-0.2, 0) is 4.43 Å². The van der Waals surface area contributed by atoms with Gasteiger partial charge in [-0.2, -0.15) is 0 Å². The maximum absolute atomic E-state index is 9.28. The van der Waals surface area contributed by atoms with E-state index in [1.807, 2.05) is 0 Å². The highest BCUT2D eigenvalue weighted by atomic mass is 28.4. The lowest BCUT2D eigenvalue weighted by Gasteiger charge is -2.52. The van der Waals surface area contributed by atoms with E-state index in [-0.39, 0.29) is 0 Å². The van der Waals surface area contributed by atoms with Crippen LogP contribution < -0.4 is 14.4 Å². The second kappa shape index (κ2) is 11.5. The second-order valence-electron chi connectivity index (χ2n) is 8.75. The van der Waals surface area contributed by atoms with Crippen molar-refractivity contribution in [1.82, 2.24) is 0 Å². The van der Waals surface area contributed by atoms with Gasteiger partial charge in [-0.05, 0) is 0 Å². The second-order valence-corrected chi connectivity index (χ2v) is 10.2. The van der Waals surface area contributed by atoms with Crippen molar-refractivity contribution in [3.05, 3.63) is 0 Å². The topological polar surface area (TPSA) is 78.4 Å². The van der Waals surface area contributed by atoms with Crippen LogP contribution in [0.5, 0.6) is 0 Å². The summed E-state index contributed by atoms with van der Waals surface area (Å²) < 4.78 is 6.41. The van der Waals surface area contributed by atoms with E-state index in [2.05, 4.69) is 89.0 Å². The molecule has 0 rings (SSSR count). The first-order valence-corrected chi connectivity index (χ1v) is 8.22. The molecule has 0 bridgehead atoms. The molecule has 0 unspecified atom stereocenters. The molecule has 0 N–H and O–H groups in total. The molecule has 0 amide bonds. The van der Waals surface area contributed by atoms with Crippen molar-refractivity contribution in [2.24, 2.45) is 0 Å². The molecule has 0 saturated heterocycles. The third kappa shape index (κ3) is 744. The fourth-order valence-electron chi connectivity index (χ4n) is 0. The summed E-state index contributed by atoms with van der Waals surface area (Å²) in [5.41, 5.74) is 0. The highest BCUT2D eigenvalue weighted by Crippen LogP contribution is 1.74. The van der Waals surface area contributed by atoms with Crippen LogP contribution in [0.4, 0.5) is 0 Å². The minimum absolute atomic E-state index is 0.833. The molecule has 8 heteroatoms. The monoisotopic (exact) mass is 329 g/mol. The van der Waals surface area contributed by atoms with Crippen molar-refractivity contribution in [2.75, 3.05) is 91.7 Å². The Morgan fingerprint density at radius 2 is 0.571 bits per heavy atom. The van der Waals surface area contributed by atoms with Gasteiger partial charge in [-0.1, -0.05) is 0 Å². The molecule has 0 aromatic rings. The van der Waals surface area contributed by atoms with Crippen LogP contribution in [0, 0.1) is 0 Å². The Morgan fingerprint density at radius 1 is 0.524 bits per heavy atom. The van der Waals surface area contributed by atoms with Gasteiger partial charge in [0.2, 0.25) is 0 Å². The Kier molecular flexibility index (Phi) is 15.9. The predicted molar refractivity (Wildman–Crippen MR) is 84.6 cm³/mol. The zero-order valence-corrected chi connectivity index (χ0v) is 17.5. The van der Waals surface area contributed by atoms with E-state index in [1.54, 1.807) is 0 Å². The fraction of sp³-hybridized carbons (Fsp3) is 1.00. The summed E-state index contributed by atoms with van der Waals surface area (Å²) in [5.74, 6) is 0. The van der Waals surface area contributed by atoms with Crippen molar-refractivity contribution in [3.8, 4) is 0 Å². The van der Waals surface area contributed by atoms with E-state index in [0.29, 0.717) is 0 Å². The van der Waals surface area contributed by atoms with Crippen molar-refractivity contribution < 1.29 is 32.3 Å². The number of nitrogens with zero attached hydrogens (tertiary/aromatic N) is 3. The van der Waals surface area contributed by atoms with Crippen LogP contribution in [0.15, 0.2) is 0 Å².